The summed E-state index contributed by atoms with van der Waals surface area (Å²) in [5, 5.41) is 3.61. The molecule has 110 valence electrons. The molecule has 2 aromatic carbocycles. The highest BCUT2D eigenvalue weighted by atomic mass is 35.5. The lowest BCUT2D eigenvalue weighted by molar-refractivity contribution is 0.102. The minimum atomic E-state index is -0.234. The van der Waals surface area contributed by atoms with Gasteiger partial charge in [0, 0.05) is 11.3 Å². The zero-order valence-electron chi connectivity index (χ0n) is 11.7. The molecular weight excluding hydrogens is 309 g/mol. The van der Waals surface area contributed by atoms with Gasteiger partial charge in [-0.1, -0.05) is 29.3 Å². The van der Waals surface area contributed by atoms with E-state index in [0.717, 1.165) is 0 Å². The van der Waals surface area contributed by atoms with Crippen LogP contribution >= 0.6 is 23.2 Å². The third-order valence-electron chi connectivity index (χ3n) is 2.65. The normalized spacial score (nSPS) is 10.5. The summed E-state index contributed by atoms with van der Waals surface area (Å²) < 4.78 is 5.57. The van der Waals surface area contributed by atoms with Gasteiger partial charge < -0.3 is 10.1 Å². The number of carbonyl (C=O) groups is 1. The van der Waals surface area contributed by atoms with E-state index in [9.17, 15) is 4.79 Å². The Morgan fingerprint density at radius 2 is 1.86 bits per heavy atom. The van der Waals surface area contributed by atoms with Gasteiger partial charge in [-0.2, -0.15) is 0 Å². The maximum atomic E-state index is 12.2. The van der Waals surface area contributed by atoms with Gasteiger partial charge in [-0.15, -0.1) is 0 Å². The zero-order valence-corrected chi connectivity index (χ0v) is 13.2. The van der Waals surface area contributed by atoms with E-state index in [1.54, 1.807) is 36.4 Å². The van der Waals surface area contributed by atoms with E-state index >= 15 is 0 Å². The SMILES string of the molecule is CC(C)Oc1cccc(C(=O)Nc2ccc(Cl)c(Cl)c2)c1. The number of benzene rings is 2. The lowest BCUT2D eigenvalue weighted by atomic mass is 10.2. The first-order valence-electron chi connectivity index (χ1n) is 6.49. The minimum absolute atomic E-state index is 0.0541. The van der Waals surface area contributed by atoms with E-state index in [-0.39, 0.29) is 12.0 Å². The van der Waals surface area contributed by atoms with Crippen molar-refractivity contribution in [2.24, 2.45) is 0 Å². The summed E-state index contributed by atoms with van der Waals surface area (Å²) in [6.45, 7) is 3.87. The van der Waals surface area contributed by atoms with Crippen LogP contribution in [0.3, 0.4) is 0 Å². The number of hydrogen-bond acceptors (Lipinski definition) is 2. The average molecular weight is 324 g/mol. The van der Waals surface area contributed by atoms with Gasteiger partial charge in [-0.05, 0) is 50.2 Å². The molecule has 0 heterocycles. The van der Waals surface area contributed by atoms with E-state index in [4.69, 9.17) is 27.9 Å². The topological polar surface area (TPSA) is 38.3 Å². The van der Waals surface area contributed by atoms with Crippen LogP contribution in [0.1, 0.15) is 24.2 Å². The van der Waals surface area contributed by atoms with Gasteiger partial charge in [0.2, 0.25) is 0 Å². The number of amides is 1. The summed E-state index contributed by atoms with van der Waals surface area (Å²) in [6.07, 6.45) is 0.0541. The van der Waals surface area contributed by atoms with Crippen LogP contribution in [-0.4, -0.2) is 12.0 Å². The van der Waals surface area contributed by atoms with E-state index in [2.05, 4.69) is 5.32 Å². The standard InChI is InChI=1S/C16H15Cl2NO2/c1-10(2)21-13-5-3-4-11(8-13)16(20)19-12-6-7-14(17)15(18)9-12/h3-10H,1-2H3,(H,19,20). The molecule has 0 radical (unpaired) electrons. The molecule has 5 heteroatoms. The molecule has 0 aliphatic carbocycles. The summed E-state index contributed by atoms with van der Waals surface area (Å²) in [5.74, 6) is 0.425. The average Bonchev–Trinajstić information content (AvgIpc) is 2.42. The Labute approximate surface area is 133 Å². The molecule has 2 rings (SSSR count). The molecule has 0 unspecified atom stereocenters. The highest BCUT2D eigenvalue weighted by Gasteiger charge is 2.09. The monoisotopic (exact) mass is 323 g/mol. The van der Waals surface area contributed by atoms with E-state index in [0.29, 0.717) is 27.0 Å². The van der Waals surface area contributed by atoms with Crippen LogP contribution in [0.4, 0.5) is 5.69 Å². The molecule has 21 heavy (non-hydrogen) atoms. The van der Waals surface area contributed by atoms with Gasteiger partial charge in [0.1, 0.15) is 5.75 Å². The summed E-state index contributed by atoms with van der Waals surface area (Å²) in [5.41, 5.74) is 1.10. The summed E-state index contributed by atoms with van der Waals surface area (Å²) in [7, 11) is 0. The van der Waals surface area contributed by atoms with Crippen LogP contribution < -0.4 is 10.1 Å². The molecule has 0 saturated heterocycles. The van der Waals surface area contributed by atoms with Crippen LogP contribution in [0.25, 0.3) is 0 Å². The van der Waals surface area contributed by atoms with Crippen molar-refractivity contribution in [2.45, 2.75) is 20.0 Å². The summed E-state index contributed by atoms with van der Waals surface area (Å²) >= 11 is 11.8. The number of nitrogens with one attached hydrogen (secondary N) is 1. The highest BCUT2D eigenvalue weighted by Crippen LogP contribution is 2.25. The van der Waals surface area contributed by atoms with Crippen LogP contribution in [0.2, 0.25) is 10.0 Å². The smallest absolute Gasteiger partial charge is 0.255 e. The summed E-state index contributed by atoms with van der Waals surface area (Å²) in [6, 6.07) is 12.0. The fourth-order valence-electron chi connectivity index (χ4n) is 1.76. The van der Waals surface area contributed by atoms with Crippen molar-refractivity contribution < 1.29 is 9.53 Å². The van der Waals surface area contributed by atoms with Crippen molar-refractivity contribution in [3.63, 3.8) is 0 Å². The molecule has 0 spiro atoms. The van der Waals surface area contributed by atoms with Gasteiger partial charge in [0.25, 0.3) is 5.91 Å². The Hall–Kier alpha value is -1.71. The summed E-state index contributed by atoms with van der Waals surface area (Å²) in [4.78, 5) is 12.2. The molecule has 0 bridgehead atoms. The highest BCUT2D eigenvalue weighted by molar-refractivity contribution is 6.42. The van der Waals surface area contributed by atoms with Crippen molar-refractivity contribution in [1.82, 2.24) is 0 Å². The quantitative estimate of drug-likeness (QED) is 0.856. The lowest BCUT2D eigenvalue weighted by Gasteiger charge is -2.11. The Morgan fingerprint density at radius 1 is 1.10 bits per heavy atom. The first-order chi connectivity index (χ1) is 9.95. The molecule has 2 aromatic rings. The van der Waals surface area contributed by atoms with E-state index in [1.807, 2.05) is 19.9 Å². The number of rotatable bonds is 4. The van der Waals surface area contributed by atoms with Crippen molar-refractivity contribution in [3.05, 3.63) is 58.1 Å². The largest absolute Gasteiger partial charge is 0.491 e. The van der Waals surface area contributed by atoms with Gasteiger partial charge in [0.15, 0.2) is 0 Å². The second kappa shape index (κ2) is 6.83. The van der Waals surface area contributed by atoms with Crippen molar-refractivity contribution in [3.8, 4) is 5.75 Å². The van der Waals surface area contributed by atoms with Crippen LogP contribution in [0.5, 0.6) is 5.75 Å². The Bertz CT molecular complexity index is 656. The van der Waals surface area contributed by atoms with Crippen LogP contribution in [-0.2, 0) is 0 Å². The van der Waals surface area contributed by atoms with Gasteiger partial charge in [0.05, 0.1) is 16.1 Å². The maximum absolute atomic E-state index is 12.2. The fourth-order valence-corrected chi connectivity index (χ4v) is 2.06. The molecular formula is C16H15Cl2NO2. The second-order valence-corrected chi connectivity index (χ2v) is 5.59. The van der Waals surface area contributed by atoms with Gasteiger partial charge in [-0.3, -0.25) is 4.79 Å². The van der Waals surface area contributed by atoms with E-state index in [1.165, 1.54) is 0 Å². The zero-order chi connectivity index (χ0) is 15.4. The van der Waals surface area contributed by atoms with Crippen LogP contribution in [0.15, 0.2) is 42.5 Å². The molecule has 0 aliphatic heterocycles. The Kier molecular flexibility index (Phi) is 5.10. The Balaban J connectivity index is 2.14. The molecule has 1 N–H and O–H groups in total. The van der Waals surface area contributed by atoms with Gasteiger partial charge >= 0.3 is 0 Å². The molecule has 0 aliphatic rings. The van der Waals surface area contributed by atoms with Crippen LogP contribution in [0, 0.1) is 0 Å². The van der Waals surface area contributed by atoms with Crippen molar-refractivity contribution >= 4 is 34.8 Å². The van der Waals surface area contributed by atoms with Crippen molar-refractivity contribution in [2.75, 3.05) is 5.32 Å². The minimum Gasteiger partial charge on any atom is -0.491 e. The molecule has 1 amide bonds. The molecule has 0 aromatic heterocycles. The third-order valence-corrected chi connectivity index (χ3v) is 3.38. The van der Waals surface area contributed by atoms with Crippen molar-refractivity contribution in [1.29, 1.82) is 0 Å². The lowest BCUT2D eigenvalue weighted by Crippen LogP contribution is -2.12. The first-order valence-corrected chi connectivity index (χ1v) is 7.24. The Morgan fingerprint density at radius 3 is 2.52 bits per heavy atom. The fraction of sp³-hybridized carbons (Fsp3) is 0.188. The molecule has 0 atom stereocenters. The molecule has 0 saturated carbocycles. The third kappa shape index (κ3) is 4.38. The predicted molar refractivity (Wildman–Crippen MR) is 86.6 cm³/mol. The maximum Gasteiger partial charge on any atom is 0.255 e. The van der Waals surface area contributed by atoms with E-state index < -0.39 is 0 Å². The first kappa shape index (κ1) is 15.7. The molecule has 3 nitrogen and oxygen atoms in total. The predicted octanol–water partition coefficient (Wildman–Crippen LogP) is 5.03. The molecule has 0 fully saturated rings. The number of hydrogen-bond donors (Lipinski definition) is 1. The second-order valence-electron chi connectivity index (χ2n) is 4.78. The number of anilines is 1. The number of carbonyl (C=O) groups excluding carboxylic acids is 1. The number of halogens is 2. The van der Waals surface area contributed by atoms with Gasteiger partial charge in [-0.25, -0.2) is 0 Å². The number of ether oxygens (including phenoxy) is 1.